The summed E-state index contributed by atoms with van der Waals surface area (Å²) in [7, 11) is 0. The van der Waals surface area contributed by atoms with Gasteiger partial charge in [-0.05, 0) is 70.8 Å². The zero-order chi connectivity index (χ0) is 37.5. The molecule has 7 aromatic carbocycles. The zero-order valence-corrected chi connectivity index (χ0v) is 29.0. The lowest BCUT2D eigenvalue weighted by Gasteiger charge is -2.17. The van der Waals surface area contributed by atoms with Crippen LogP contribution in [-0.2, 0) is 6.18 Å². The fraction of sp³-hybridized carbons (Fsp3) is 0.0213. The van der Waals surface area contributed by atoms with Gasteiger partial charge in [0.2, 0.25) is 0 Å². The molecular weight excluding hydrogens is 692 g/mol. The van der Waals surface area contributed by atoms with Crippen molar-refractivity contribution < 1.29 is 13.2 Å². The second kappa shape index (κ2) is 13.6. The van der Waals surface area contributed by atoms with E-state index in [0.717, 1.165) is 50.1 Å². The van der Waals surface area contributed by atoms with Crippen LogP contribution in [0.1, 0.15) is 11.1 Å². The first-order valence-corrected chi connectivity index (χ1v) is 17.6. The van der Waals surface area contributed by atoms with E-state index in [1.165, 1.54) is 12.1 Å². The molecule has 0 unspecified atom stereocenters. The molecule has 0 radical (unpaired) electrons. The maximum atomic E-state index is 14.0. The van der Waals surface area contributed by atoms with Gasteiger partial charge >= 0.3 is 6.18 Å². The number of benzene rings is 7. The number of nitrogens with zero attached hydrogens (tertiary/aromatic N) is 5. The highest BCUT2D eigenvalue weighted by molar-refractivity contribution is 6.10. The van der Waals surface area contributed by atoms with Gasteiger partial charge < -0.3 is 4.57 Å². The minimum Gasteiger partial charge on any atom is -0.308 e. The molecular formula is C47H28F3N5. The highest BCUT2D eigenvalue weighted by atomic mass is 19.4. The normalized spacial score (nSPS) is 11.5. The summed E-state index contributed by atoms with van der Waals surface area (Å²) in [6.45, 7) is 0. The van der Waals surface area contributed by atoms with E-state index < -0.39 is 11.7 Å². The molecule has 0 aliphatic heterocycles. The Hall–Kier alpha value is -7.37. The average Bonchev–Trinajstić information content (AvgIpc) is 3.57. The quantitative estimate of drug-likeness (QED) is 0.172. The van der Waals surface area contributed by atoms with Crippen molar-refractivity contribution in [3.8, 4) is 68.2 Å². The van der Waals surface area contributed by atoms with Gasteiger partial charge in [-0.15, -0.1) is 0 Å². The van der Waals surface area contributed by atoms with Crippen LogP contribution in [0.5, 0.6) is 0 Å². The van der Waals surface area contributed by atoms with E-state index in [0.29, 0.717) is 45.4 Å². The summed E-state index contributed by atoms with van der Waals surface area (Å²) in [6, 6.07) is 54.3. The van der Waals surface area contributed by atoms with E-state index in [9.17, 15) is 18.4 Å². The largest absolute Gasteiger partial charge is 0.416 e. The van der Waals surface area contributed by atoms with Crippen molar-refractivity contribution in [3.63, 3.8) is 0 Å². The number of nitriles is 1. The first-order valence-electron chi connectivity index (χ1n) is 17.6. The molecule has 9 rings (SSSR count). The lowest BCUT2D eigenvalue weighted by atomic mass is 9.99. The Labute approximate surface area is 314 Å². The van der Waals surface area contributed by atoms with Crippen molar-refractivity contribution in [1.82, 2.24) is 19.5 Å². The predicted molar refractivity (Wildman–Crippen MR) is 211 cm³/mol. The topological polar surface area (TPSA) is 67.4 Å². The molecule has 0 bridgehead atoms. The summed E-state index contributed by atoms with van der Waals surface area (Å²) >= 11 is 0. The van der Waals surface area contributed by atoms with Crippen LogP contribution in [0.2, 0.25) is 0 Å². The van der Waals surface area contributed by atoms with Crippen molar-refractivity contribution in [2.45, 2.75) is 6.18 Å². The van der Waals surface area contributed by atoms with Crippen LogP contribution in [0.4, 0.5) is 13.2 Å². The fourth-order valence-electron chi connectivity index (χ4n) is 7.07. The van der Waals surface area contributed by atoms with Crippen LogP contribution in [-0.4, -0.2) is 19.5 Å². The van der Waals surface area contributed by atoms with Gasteiger partial charge in [-0.2, -0.15) is 18.4 Å². The summed E-state index contributed by atoms with van der Waals surface area (Å²) in [4.78, 5) is 15.0. The van der Waals surface area contributed by atoms with Gasteiger partial charge in [-0.25, -0.2) is 15.0 Å². The monoisotopic (exact) mass is 719 g/mol. The zero-order valence-electron chi connectivity index (χ0n) is 29.0. The second-order valence-electron chi connectivity index (χ2n) is 13.1. The SMILES string of the molecule is N#Cc1cccc(-c2ccc3c4ccccc4n(-c4cc(-c5cccc(C(F)(F)F)c5)ccc4-c4nc(-c5ccccc5)nc(-c5ccccc5)n4)c3c2)c1. The number of aromatic nitrogens is 4. The molecule has 262 valence electrons. The number of rotatable bonds is 6. The lowest BCUT2D eigenvalue weighted by molar-refractivity contribution is -0.137. The molecule has 0 fully saturated rings. The number of para-hydroxylation sites is 1. The molecule has 0 amide bonds. The Balaban J connectivity index is 1.36. The van der Waals surface area contributed by atoms with Crippen molar-refractivity contribution in [2.24, 2.45) is 0 Å². The predicted octanol–water partition coefficient (Wildman–Crippen LogP) is 12.2. The van der Waals surface area contributed by atoms with E-state index in [1.54, 1.807) is 12.1 Å². The van der Waals surface area contributed by atoms with E-state index in [2.05, 4.69) is 28.8 Å². The Kier molecular flexibility index (Phi) is 8.25. The van der Waals surface area contributed by atoms with Crippen molar-refractivity contribution in [3.05, 3.63) is 181 Å². The van der Waals surface area contributed by atoms with Gasteiger partial charge in [0.05, 0.1) is 33.9 Å². The van der Waals surface area contributed by atoms with E-state index in [4.69, 9.17) is 15.0 Å². The van der Waals surface area contributed by atoms with Gasteiger partial charge in [0.1, 0.15) is 0 Å². The number of alkyl halides is 3. The van der Waals surface area contributed by atoms with Crippen molar-refractivity contribution in [1.29, 1.82) is 5.26 Å². The molecule has 2 aromatic heterocycles. The number of hydrogen-bond acceptors (Lipinski definition) is 4. The minimum absolute atomic E-state index is 0.405. The summed E-state index contributed by atoms with van der Waals surface area (Å²) in [5.41, 5.74) is 7.33. The van der Waals surface area contributed by atoms with Crippen LogP contribution in [0.25, 0.3) is 83.9 Å². The van der Waals surface area contributed by atoms with Crippen LogP contribution in [0.3, 0.4) is 0 Å². The summed E-state index contributed by atoms with van der Waals surface area (Å²) in [6.07, 6.45) is -4.50. The smallest absolute Gasteiger partial charge is 0.308 e. The van der Waals surface area contributed by atoms with Gasteiger partial charge in [-0.3, -0.25) is 0 Å². The molecule has 0 aliphatic carbocycles. The Morgan fingerprint density at radius 2 is 1.00 bits per heavy atom. The highest BCUT2D eigenvalue weighted by Crippen LogP contribution is 2.40. The third kappa shape index (κ3) is 6.28. The molecule has 0 aliphatic rings. The molecule has 0 atom stereocenters. The van der Waals surface area contributed by atoms with E-state index in [-0.39, 0.29) is 0 Å². The van der Waals surface area contributed by atoms with Crippen molar-refractivity contribution in [2.75, 3.05) is 0 Å². The molecule has 0 saturated heterocycles. The maximum absolute atomic E-state index is 14.0. The highest BCUT2D eigenvalue weighted by Gasteiger charge is 2.30. The van der Waals surface area contributed by atoms with Crippen LogP contribution < -0.4 is 0 Å². The second-order valence-corrected chi connectivity index (χ2v) is 13.1. The third-order valence-electron chi connectivity index (χ3n) is 9.70. The molecule has 2 heterocycles. The lowest BCUT2D eigenvalue weighted by Crippen LogP contribution is -2.05. The number of fused-ring (bicyclic) bond motifs is 3. The van der Waals surface area contributed by atoms with Crippen LogP contribution in [0, 0.1) is 11.3 Å². The maximum Gasteiger partial charge on any atom is 0.416 e. The molecule has 0 spiro atoms. The van der Waals surface area contributed by atoms with Gasteiger partial charge in [0, 0.05) is 27.5 Å². The van der Waals surface area contributed by atoms with Gasteiger partial charge in [0.25, 0.3) is 0 Å². The Bertz CT molecular complexity index is 2870. The molecule has 55 heavy (non-hydrogen) atoms. The first kappa shape index (κ1) is 33.5. The molecule has 8 heteroatoms. The van der Waals surface area contributed by atoms with Crippen LogP contribution in [0.15, 0.2) is 170 Å². The number of hydrogen-bond donors (Lipinski definition) is 0. The summed E-state index contributed by atoms with van der Waals surface area (Å²) < 4.78 is 44.0. The number of halogens is 3. The Morgan fingerprint density at radius 1 is 0.455 bits per heavy atom. The average molecular weight is 720 g/mol. The van der Waals surface area contributed by atoms with Crippen LogP contribution >= 0.6 is 0 Å². The van der Waals surface area contributed by atoms with E-state index >= 15 is 0 Å². The van der Waals surface area contributed by atoms with Gasteiger partial charge in [-0.1, -0.05) is 121 Å². The Morgan fingerprint density at radius 3 is 1.69 bits per heavy atom. The fourth-order valence-corrected chi connectivity index (χ4v) is 7.07. The molecule has 9 aromatic rings. The third-order valence-corrected chi connectivity index (χ3v) is 9.70. The molecule has 0 N–H and O–H groups in total. The molecule has 0 saturated carbocycles. The van der Waals surface area contributed by atoms with E-state index in [1.807, 2.05) is 121 Å². The summed E-state index contributed by atoms with van der Waals surface area (Å²) in [5, 5.41) is 11.6. The van der Waals surface area contributed by atoms with Crippen molar-refractivity contribution >= 4 is 21.8 Å². The minimum atomic E-state index is -4.50. The molecule has 5 nitrogen and oxygen atoms in total. The summed E-state index contributed by atoms with van der Waals surface area (Å²) in [5.74, 6) is 1.38. The first-order chi connectivity index (χ1) is 26.8. The standard InChI is InChI=1S/C47H28F3N5/c48-47(49,50)37-18-10-17-34(26-37)36-22-24-40(46-53-44(31-12-3-1-4-13-31)52-45(54-46)32-14-5-2-6-15-32)43(28-36)55-41-20-8-7-19-38(41)39-23-21-35(27-42(39)55)33-16-9-11-30(25-33)29-51/h1-28H. The van der Waals surface area contributed by atoms with Gasteiger partial charge in [0.15, 0.2) is 17.5 Å².